The fourth-order valence-electron chi connectivity index (χ4n) is 6.50. The van der Waals surface area contributed by atoms with E-state index in [-0.39, 0.29) is 0 Å². The summed E-state index contributed by atoms with van der Waals surface area (Å²) in [6.45, 7) is 0. The SMILES string of the molecule is c1ccc(N(c2ccccc2)c2cccc3c2oc2c(-c4ccc5ccccc5c4)c4c(cc23)oc2ccccc24)cc1. The average Bonchev–Trinajstić information content (AvgIpc) is 3.63. The van der Waals surface area contributed by atoms with Crippen LogP contribution in [0.4, 0.5) is 17.1 Å². The second-order valence-electron chi connectivity index (χ2n) is 10.9. The van der Waals surface area contributed by atoms with Crippen molar-refractivity contribution in [2.75, 3.05) is 4.90 Å². The summed E-state index contributed by atoms with van der Waals surface area (Å²) in [4.78, 5) is 2.26. The van der Waals surface area contributed by atoms with Crippen LogP contribution in [0.15, 0.2) is 160 Å². The number of para-hydroxylation sites is 4. The average molecular weight is 552 g/mol. The van der Waals surface area contributed by atoms with Crippen molar-refractivity contribution in [1.29, 1.82) is 0 Å². The first-order valence-electron chi connectivity index (χ1n) is 14.5. The zero-order chi connectivity index (χ0) is 28.3. The first-order chi connectivity index (χ1) is 21.3. The maximum atomic E-state index is 7.05. The van der Waals surface area contributed by atoms with Gasteiger partial charge in [-0.2, -0.15) is 0 Å². The molecule has 7 aromatic carbocycles. The quantitative estimate of drug-likeness (QED) is 0.218. The number of hydrogen-bond donors (Lipinski definition) is 0. The van der Waals surface area contributed by atoms with Gasteiger partial charge < -0.3 is 13.7 Å². The predicted molar refractivity (Wildman–Crippen MR) is 179 cm³/mol. The van der Waals surface area contributed by atoms with Crippen LogP contribution in [0.1, 0.15) is 0 Å². The number of rotatable bonds is 4. The van der Waals surface area contributed by atoms with Crippen LogP contribution in [0.3, 0.4) is 0 Å². The minimum absolute atomic E-state index is 0.837. The van der Waals surface area contributed by atoms with Crippen LogP contribution in [0.2, 0.25) is 0 Å². The van der Waals surface area contributed by atoms with Crippen molar-refractivity contribution < 1.29 is 8.83 Å². The van der Waals surface area contributed by atoms with E-state index in [9.17, 15) is 0 Å². The lowest BCUT2D eigenvalue weighted by atomic mass is 9.95. The fraction of sp³-hybridized carbons (Fsp3) is 0. The third-order valence-electron chi connectivity index (χ3n) is 8.42. The highest BCUT2D eigenvalue weighted by molar-refractivity contribution is 6.24. The fourth-order valence-corrected chi connectivity index (χ4v) is 6.50. The topological polar surface area (TPSA) is 29.5 Å². The predicted octanol–water partition coefficient (Wildman–Crippen LogP) is 11.8. The molecule has 43 heavy (non-hydrogen) atoms. The van der Waals surface area contributed by atoms with E-state index in [2.05, 4.69) is 132 Å². The van der Waals surface area contributed by atoms with Crippen LogP contribution in [0.25, 0.3) is 65.8 Å². The Morgan fingerprint density at radius 3 is 1.88 bits per heavy atom. The molecule has 0 unspecified atom stereocenters. The van der Waals surface area contributed by atoms with Crippen LogP contribution in [0.5, 0.6) is 0 Å². The molecule has 0 amide bonds. The molecule has 0 saturated carbocycles. The van der Waals surface area contributed by atoms with E-state index < -0.39 is 0 Å². The molecule has 3 heteroatoms. The molecule has 0 aliphatic heterocycles. The Kier molecular flexibility index (Phi) is 5.20. The van der Waals surface area contributed by atoms with E-state index in [4.69, 9.17) is 8.83 Å². The van der Waals surface area contributed by atoms with Gasteiger partial charge in [-0.25, -0.2) is 0 Å². The van der Waals surface area contributed by atoms with Gasteiger partial charge in [-0.05, 0) is 64.9 Å². The van der Waals surface area contributed by atoms with E-state index in [0.717, 1.165) is 72.1 Å². The molecule has 9 aromatic rings. The molecule has 9 rings (SSSR count). The number of anilines is 3. The normalized spacial score (nSPS) is 11.7. The third-order valence-corrected chi connectivity index (χ3v) is 8.42. The number of nitrogens with zero attached hydrogens (tertiary/aromatic N) is 1. The van der Waals surface area contributed by atoms with E-state index in [1.807, 2.05) is 24.3 Å². The van der Waals surface area contributed by atoms with Gasteiger partial charge in [-0.1, -0.05) is 103 Å². The zero-order valence-corrected chi connectivity index (χ0v) is 23.2. The Morgan fingerprint density at radius 1 is 0.419 bits per heavy atom. The largest absolute Gasteiger partial charge is 0.456 e. The number of fused-ring (bicyclic) bond motifs is 7. The van der Waals surface area contributed by atoms with Crippen molar-refractivity contribution in [2.24, 2.45) is 0 Å². The second-order valence-corrected chi connectivity index (χ2v) is 10.9. The molecule has 0 aliphatic rings. The van der Waals surface area contributed by atoms with Crippen molar-refractivity contribution in [2.45, 2.75) is 0 Å². The Morgan fingerprint density at radius 2 is 1.09 bits per heavy atom. The standard InChI is InChI=1S/C40H25NO2/c1-3-14-29(15-4-1)41(30-16-5-2-6-17-30)34-20-11-19-31-33-25-36-38(32-18-9-10-21-35(32)42-36)37(40(33)43-39(31)34)28-23-22-26-12-7-8-13-27(26)24-28/h1-25H. The Labute approximate surface area is 247 Å². The molecule has 0 radical (unpaired) electrons. The molecule has 2 aromatic heterocycles. The Hall–Kier alpha value is -5.80. The highest BCUT2D eigenvalue weighted by Crippen LogP contribution is 2.48. The highest BCUT2D eigenvalue weighted by atomic mass is 16.3. The van der Waals surface area contributed by atoms with E-state index >= 15 is 0 Å². The molecule has 0 bridgehead atoms. The van der Waals surface area contributed by atoms with Crippen molar-refractivity contribution in [3.05, 3.63) is 152 Å². The molecule has 0 atom stereocenters. The highest BCUT2D eigenvalue weighted by Gasteiger charge is 2.24. The van der Waals surface area contributed by atoms with Crippen LogP contribution < -0.4 is 4.90 Å². The van der Waals surface area contributed by atoms with Gasteiger partial charge in [0.15, 0.2) is 5.58 Å². The van der Waals surface area contributed by atoms with E-state index in [1.54, 1.807) is 0 Å². The zero-order valence-electron chi connectivity index (χ0n) is 23.2. The van der Waals surface area contributed by atoms with Crippen molar-refractivity contribution in [3.63, 3.8) is 0 Å². The molecule has 0 saturated heterocycles. The summed E-state index contributed by atoms with van der Waals surface area (Å²) >= 11 is 0. The van der Waals surface area contributed by atoms with E-state index in [0.29, 0.717) is 0 Å². The van der Waals surface area contributed by atoms with Crippen molar-refractivity contribution in [3.8, 4) is 11.1 Å². The molecular formula is C40H25NO2. The second kappa shape index (κ2) is 9.37. The summed E-state index contributed by atoms with van der Waals surface area (Å²) in [5, 5.41) is 6.64. The van der Waals surface area contributed by atoms with Gasteiger partial charge in [0.1, 0.15) is 16.7 Å². The first-order valence-corrected chi connectivity index (χ1v) is 14.5. The van der Waals surface area contributed by atoms with Crippen molar-refractivity contribution in [1.82, 2.24) is 0 Å². The molecule has 0 spiro atoms. The summed E-state index contributed by atoms with van der Waals surface area (Å²) in [5.74, 6) is 0. The Bertz CT molecular complexity index is 2410. The van der Waals surface area contributed by atoms with Crippen molar-refractivity contribution >= 4 is 71.7 Å². The molecule has 3 nitrogen and oxygen atoms in total. The third kappa shape index (κ3) is 3.68. The molecule has 202 valence electrons. The minimum atomic E-state index is 0.837. The van der Waals surface area contributed by atoms with Crippen LogP contribution >= 0.6 is 0 Å². The van der Waals surface area contributed by atoms with Gasteiger partial charge >= 0.3 is 0 Å². The molecular weight excluding hydrogens is 526 g/mol. The number of hydrogen-bond acceptors (Lipinski definition) is 3. The van der Waals surface area contributed by atoms with Gasteiger partial charge in [0.05, 0.1) is 5.69 Å². The number of furan rings is 2. The van der Waals surface area contributed by atoms with Gasteiger partial charge in [0.25, 0.3) is 0 Å². The summed E-state index contributed by atoms with van der Waals surface area (Å²) in [5.41, 5.74) is 8.69. The lowest BCUT2D eigenvalue weighted by Gasteiger charge is -2.25. The minimum Gasteiger partial charge on any atom is -0.456 e. The number of benzene rings is 7. The molecule has 0 N–H and O–H groups in total. The van der Waals surface area contributed by atoms with Gasteiger partial charge in [0.2, 0.25) is 0 Å². The van der Waals surface area contributed by atoms with E-state index in [1.165, 1.54) is 10.8 Å². The van der Waals surface area contributed by atoms with Crippen LogP contribution in [0, 0.1) is 0 Å². The Balaban J connectivity index is 1.41. The lowest BCUT2D eigenvalue weighted by molar-refractivity contribution is 0.665. The van der Waals surface area contributed by atoms with Gasteiger partial charge in [-0.3, -0.25) is 0 Å². The summed E-state index contributed by atoms with van der Waals surface area (Å²) in [6, 6.07) is 52.9. The molecule has 0 aliphatic carbocycles. The van der Waals surface area contributed by atoms with Crippen LogP contribution in [-0.2, 0) is 0 Å². The maximum absolute atomic E-state index is 7.05. The monoisotopic (exact) mass is 551 g/mol. The first kappa shape index (κ1) is 23.9. The summed E-state index contributed by atoms with van der Waals surface area (Å²) < 4.78 is 13.5. The molecule has 2 heterocycles. The summed E-state index contributed by atoms with van der Waals surface area (Å²) in [7, 11) is 0. The lowest BCUT2D eigenvalue weighted by Crippen LogP contribution is -2.09. The van der Waals surface area contributed by atoms with Gasteiger partial charge in [-0.15, -0.1) is 0 Å². The summed E-state index contributed by atoms with van der Waals surface area (Å²) in [6.07, 6.45) is 0. The maximum Gasteiger partial charge on any atom is 0.159 e. The smallest absolute Gasteiger partial charge is 0.159 e. The molecule has 0 fully saturated rings. The van der Waals surface area contributed by atoms with Crippen LogP contribution in [-0.4, -0.2) is 0 Å². The van der Waals surface area contributed by atoms with Gasteiger partial charge in [0, 0.05) is 38.5 Å².